The number of amides is 2. The molecule has 2 amide bonds. The number of carbonyl (C=O) groups excluding carboxylic acids is 2. The van der Waals surface area contributed by atoms with Crippen LogP contribution in [0.3, 0.4) is 0 Å². The zero-order chi connectivity index (χ0) is 19.6. The predicted molar refractivity (Wildman–Crippen MR) is 114 cm³/mol. The Hall–Kier alpha value is -2.03. The average Bonchev–Trinajstić information content (AvgIpc) is 2.90. The Bertz CT molecular complexity index is 947. The second-order valence-corrected chi connectivity index (χ2v) is 8.37. The van der Waals surface area contributed by atoms with Gasteiger partial charge in [0.2, 0.25) is 5.91 Å². The van der Waals surface area contributed by atoms with Gasteiger partial charge in [0.05, 0.1) is 4.91 Å². The van der Waals surface area contributed by atoms with Crippen molar-refractivity contribution in [3.05, 3.63) is 69.3 Å². The number of thioether (sulfide) groups is 1. The van der Waals surface area contributed by atoms with Gasteiger partial charge in [-0.2, -0.15) is 0 Å². The number of hydrogen-bond donors (Lipinski definition) is 1. The van der Waals surface area contributed by atoms with Gasteiger partial charge in [-0.25, -0.2) is 4.39 Å². The molecule has 0 spiro atoms. The third-order valence-electron chi connectivity index (χ3n) is 3.85. The number of nitrogens with one attached hydrogen (secondary N) is 1. The van der Waals surface area contributed by atoms with Crippen molar-refractivity contribution < 1.29 is 14.0 Å². The summed E-state index contributed by atoms with van der Waals surface area (Å²) in [7, 11) is 0. The zero-order valence-electron chi connectivity index (χ0n) is 14.1. The second-order valence-electron chi connectivity index (χ2n) is 5.78. The van der Waals surface area contributed by atoms with Gasteiger partial charge >= 0.3 is 0 Å². The molecule has 1 atom stereocenters. The molecule has 8 heteroatoms. The molecule has 2 aromatic carbocycles. The molecule has 0 bridgehead atoms. The first-order chi connectivity index (χ1) is 12.8. The van der Waals surface area contributed by atoms with E-state index < -0.39 is 17.8 Å². The lowest BCUT2D eigenvalue weighted by Crippen LogP contribution is -2.44. The fourth-order valence-corrected chi connectivity index (χ4v) is 4.29. The lowest BCUT2D eigenvalue weighted by Gasteiger charge is -2.22. The van der Waals surface area contributed by atoms with Crippen LogP contribution in [0.1, 0.15) is 12.5 Å². The van der Waals surface area contributed by atoms with E-state index in [1.54, 1.807) is 13.0 Å². The van der Waals surface area contributed by atoms with Crippen LogP contribution in [0, 0.1) is 5.82 Å². The Labute approximate surface area is 173 Å². The standard InChI is InChI=1S/C19H14BrFN2O2S2/c1-11(17(24)22-15-7-5-14(21)6-8-15)23-18(25)16(27-19(23)26)10-12-3-2-4-13(20)9-12/h2-11H,1H3,(H,22,24)/b16-10-. The summed E-state index contributed by atoms with van der Waals surface area (Å²) >= 11 is 9.86. The van der Waals surface area contributed by atoms with E-state index in [2.05, 4.69) is 21.2 Å². The molecular weight excluding hydrogens is 451 g/mol. The van der Waals surface area contributed by atoms with Gasteiger partial charge in [-0.15, -0.1) is 0 Å². The van der Waals surface area contributed by atoms with E-state index in [-0.39, 0.29) is 5.91 Å². The van der Waals surface area contributed by atoms with E-state index in [9.17, 15) is 14.0 Å². The van der Waals surface area contributed by atoms with Crippen molar-refractivity contribution in [3.63, 3.8) is 0 Å². The van der Waals surface area contributed by atoms with Gasteiger partial charge in [-0.3, -0.25) is 14.5 Å². The fraction of sp³-hybridized carbons (Fsp3) is 0.105. The maximum atomic E-state index is 13.0. The second kappa shape index (κ2) is 8.33. The van der Waals surface area contributed by atoms with Crippen LogP contribution in [0.25, 0.3) is 6.08 Å². The normalized spacial score (nSPS) is 16.7. The number of nitrogens with zero attached hydrogens (tertiary/aromatic N) is 1. The van der Waals surface area contributed by atoms with Gasteiger partial charge in [0.15, 0.2) is 0 Å². The third-order valence-corrected chi connectivity index (χ3v) is 5.67. The van der Waals surface area contributed by atoms with Crippen molar-refractivity contribution in [2.24, 2.45) is 0 Å². The number of anilines is 1. The summed E-state index contributed by atoms with van der Waals surface area (Å²) in [5.74, 6) is -1.11. The molecule has 1 saturated heterocycles. The highest BCUT2D eigenvalue weighted by Gasteiger charge is 2.38. The average molecular weight is 465 g/mol. The third kappa shape index (κ3) is 4.63. The molecule has 1 unspecified atom stereocenters. The highest BCUT2D eigenvalue weighted by molar-refractivity contribution is 9.10. The van der Waals surface area contributed by atoms with Gasteiger partial charge in [0.1, 0.15) is 16.2 Å². The highest BCUT2D eigenvalue weighted by Crippen LogP contribution is 2.34. The summed E-state index contributed by atoms with van der Waals surface area (Å²) in [4.78, 5) is 27.0. The van der Waals surface area contributed by atoms with Crippen molar-refractivity contribution in [2.75, 3.05) is 5.32 Å². The van der Waals surface area contributed by atoms with E-state index >= 15 is 0 Å². The lowest BCUT2D eigenvalue weighted by molar-refractivity contribution is -0.129. The van der Waals surface area contributed by atoms with Crippen LogP contribution in [0.5, 0.6) is 0 Å². The van der Waals surface area contributed by atoms with Crippen LogP contribution >= 0.6 is 39.9 Å². The van der Waals surface area contributed by atoms with Crippen molar-refractivity contribution in [2.45, 2.75) is 13.0 Å². The van der Waals surface area contributed by atoms with Gasteiger partial charge in [0.25, 0.3) is 5.91 Å². The van der Waals surface area contributed by atoms with Crippen molar-refractivity contribution >= 4 is 67.8 Å². The number of hydrogen-bond acceptors (Lipinski definition) is 4. The molecule has 0 saturated carbocycles. The molecule has 1 aliphatic heterocycles. The van der Waals surface area contributed by atoms with E-state index in [4.69, 9.17) is 12.2 Å². The van der Waals surface area contributed by atoms with Gasteiger partial charge in [-0.05, 0) is 55.0 Å². The number of rotatable bonds is 4. The summed E-state index contributed by atoms with van der Waals surface area (Å²) in [6, 6.07) is 12.1. The minimum atomic E-state index is -0.795. The molecule has 1 fully saturated rings. The molecule has 1 heterocycles. The Kier molecular flexibility index (Phi) is 6.08. The summed E-state index contributed by atoms with van der Waals surface area (Å²) in [6.07, 6.45) is 1.74. The largest absolute Gasteiger partial charge is 0.324 e. The van der Waals surface area contributed by atoms with E-state index in [0.717, 1.165) is 21.8 Å². The van der Waals surface area contributed by atoms with E-state index in [0.29, 0.717) is 14.9 Å². The number of benzene rings is 2. The first kappa shape index (κ1) is 19.7. The molecule has 0 aliphatic carbocycles. The minimum absolute atomic E-state index is 0.313. The maximum Gasteiger partial charge on any atom is 0.266 e. The molecule has 1 N–H and O–H groups in total. The molecule has 0 aromatic heterocycles. The van der Waals surface area contributed by atoms with E-state index in [1.807, 2.05) is 24.3 Å². The predicted octanol–water partition coefficient (Wildman–Crippen LogP) is 4.82. The van der Waals surface area contributed by atoms with Gasteiger partial charge < -0.3 is 5.32 Å². The van der Waals surface area contributed by atoms with Crippen LogP contribution in [-0.4, -0.2) is 27.1 Å². The Morgan fingerprint density at radius 2 is 2.00 bits per heavy atom. The zero-order valence-corrected chi connectivity index (χ0v) is 17.3. The maximum absolute atomic E-state index is 13.0. The summed E-state index contributed by atoms with van der Waals surface area (Å²) in [5, 5.41) is 2.66. The lowest BCUT2D eigenvalue weighted by atomic mass is 10.2. The first-order valence-electron chi connectivity index (χ1n) is 7.94. The number of thiocarbonyl (C=S) groups is 1. The number of carbonyl (C=O) groups is 2. The van der Waals surface area contributed by atoms with E-state index in [1.165, 1.54) is 29.2 Å². The Morgan fingerprint density at radius 1 is 1.30 bits per heavy atom. The van der Waals surface area contributed by atoms with Gasteiger partial charge in [-0.1, -0.05) is 52.0 Å². The Morgan fingerprint density at radius 3 is 2.67 bits per heavy atom. The fourth-order valence-electron chi connectivity index (χ4n) is 2.46. The summed E-state index contributed by atoms with van der Waals surface area (Å²) in [5.41, 5.74) is 1.30. The molecule has 27 heavy (non-hydrogen) atoms. The van der Waals surface area contributed by atoms with Crippen molar-refractivity contribution in [1.29, 1.82) is 0 Å². The monoisotopic (exact) mass is 464 g/mol. The molecule has 2 aromatic rings. The van der Waals surface area contributed by atoms with Crippen LogP contribution in [0.2, 0.25) is 0 Å². The topological polar surface area (TPSA) is 49.4 Å². The Balaban J connectivity index is 1.75. The summed E-state index contributed by atoms with van der Waals surface area (Å²) < 4.78 is 14.2. The van der Waals surface area contributed by atoms with Gasteiger partial charge in [0, 0.05) is 10.2 Å². The van der Waals surface area contributed by atoms with Crippen molar-refractivity contribution in [3.8, 4) is 0 Å². The first-order valence-corrected chi connectivity index (χ1v) is 9.96. The number of halogens is 2. The molecule has 0 radical (unpaired) electrons. The SMILES string of the molecule is CC(C(=O)Nc1ccc(F)cc1)N1C(=O)/C(=C/c2cccc(Br)c2)SC1=S. The molecule has 138 valence electrons. The van der Waals surface area contributed by atoms with Crippen LogP contribution in [0.15, 0.2) is 57.9 Å². The van der Waals surface area contributed by atoms with Crippen LogP contribution in [0.4, 0.5) is 10.1 Å². The smallest absolute Gasteiger partial charge is 0.266 e. The molecule has 1 aliphatic rings. The highest BCUT2D eigenvalue weighted by atomic mass is 79.9. The summed E-state index contributed by atoms with van der Waals surface area (Å²) in [6.45, 7) is 1.60. The minimum Gasteiger partial charge on any atom is -0.324 e. The van der Waals surface area contributed by atoms with Crippen LogP contribution < -0.4 is 5.32 Å². The van der Waals surface area contributed by atoms with Crippen molar-refractivity contribution in [1.82, 2.24) is 4.90 Å². The molecule has 3 rings (SSSR count). The van der Waals surface area contributed by atoms with Crippen LogP contribution in [-0.2, 0) is 9.59 Å². The quantitative estimate of drug-likeness (QED) is 0.520. The molecule has 4 nitrogen and oxygen atoms in total. The molecular formula is C19H14BrFN2O2S2.